The zero-order chi connectivity index (χ0) is 15.5. The Balaban J connectivity index is 2.28. The fraction of sp³-hybridized carbons (Fsp3) is 0.722. The average molecular weight is 289 g/mol. The molecule has 2 rings (SSSR count). The van der Waals surface area contributed by atoms with Crippen molar-refractivity contribution in [3.63, 3.8) is 0 Å². The molecule has 0 radical (unpaired) electrons. The highest BCUT2D eigenvalue weighted by Gasteiger charge is 2.25. The molecule has 118 valence electrons. The summed E-state index contributed by atoms with van der Waals surface area (Å²) in [6.45, 7) is 15.2. The second-order valence-corrected chi connectivity index (χ2v) is 7.23. The lowest BCUT2D eigenvalue weighted by molar-refractivity contribution is 0.564. The lowest BCUT2D eigenvalue weighted by atomic mass is 9.90. The number of nitrogens with one attached hydrogen (secondary N) is 1. The van der Waals surface area contributed by atoms with Gasteiger partial charge in [-0.25, -0.2) is 4.98 Å². The van der Waals surface area contributed by atoms with Crippen LogP contribution >= 0.6 is 0 Å². The molecule has 3 heteroatoms. The van der Waals surface area contributed by atoms with Crippen LogP contribution in [0.25, 0.3) is 0 Å². The van der Waals surface area contributed by atoms with Crippen molar-refractivity contribution in [3.8, 4) is 0 Å². The van der Waals surface area contributed by atoms with Gasteiger partial charge in [0.1, 0.15) is 5.82 Å². The van der Waals surface area contributed by atoms with Crippen LogP contribution < -0.4 is 10.2 Å². The Labute approximate surface area is 130 Å². The summed E-state index contributed by atoms with van der Waals surface area (Å²) in [7, 11) is 0. The van der Waals surface area contributed by atoms with E-state index in [0.29, 0.717) is 0 Å². The normalized spacial score (nSPS) is 15.3. The molecular weight excluding hydrogens is 258 g/mol. The van der Waals surface area contributed by atoms with Crippen molar-refractivity contribution in [2.24, 2.45) is 5.92 Å². The van der Waals surface area contributed by atoms with E-state index in [1.165, 1.54) is 24.1 Å². The number of aromatic nitrogens is 1. The maximum Gasteiger partial charge on any atom is 0.129 e. The first-order chi connectivity index (χ1) is 9.94. The van der Waals surface area contributed by atoms with Crippen LogP contribution in [0.15, 0.2) is 12.1 Å². The molecule has 1 heterocycles. The van der Waals surface area contributed by atoms with E-state index in [2.05, 4.69) is 57.0 Å². The minimum absolute atomic E-state index is 0.0932. The zero-order valence-electron chi connectivity index (χ0n) is 14.4. The summed E-state index contributed by atoms with van der Waals surface area (Å²) < 4.78 is 0. The van der Waals surface area contributed by atoms with Crippen molar-refractivity contribution in [1.29, 1.82) is 0 Å². The highest BCUT2D eigenvalue weighted by Crippen LogP contribution is 2.32. The van der Waals surface area contributed by atoms with E-state index in [4.69, 9.17) is 4.98 Å². The van der Waals surface area contributed by atoms with E-state index >= 15 is 0 Å². The van der Waals surface area contributed by atoms with Gasteiger partial charge in [0, 0.05) is 30.7 Å². The van der Waals surface area contributed by atoms with Crippen molar-refractivity contribution >= 4 is 5.82 Å². The molecule has 0 aromatic carbocycles. The number of pyridine rings is 1. The molecule has 1 aliphatic carbocycles. The minimum Gasteiger partial charge on any atom is -0.357 e. The Hall–Kier alpha value is -1.09. The molecule has 1 N–H and O–H groups in total. The molecule has 1 saturated carbocycles. The maximum absolute atomic E-state index is 4.96. The molecule has 0 aliphatic heterocycles. The van der Waals surface area contributed by atoms with Gasteiger partial charge in [0.05, 0.1) is 0 Å². The first kappa shape index (κ1) is 16.3. The molecule has 0 amide bonds. The summed E-state index contributed by atoms with van der Waals surface area (Å²) in [5, 5.41) is 3.43. The Kier molecular flexibility index (Phi) is 5.26. The first-order valence-electron chi connectivity index (χ1n) is 8.41. The van der Waals surface area contributed by atoms with Crippen LogP contribution in [0.3, 0.4) is 0 Å². The molecule has 3 nitrogen and oxygen atoms in total. The molecule has 0 saturated heterocycles. The standard InChI is InChI=1S/C18H31N3/c1-6-19-12-15-10-16(18(3,4)5)20-17(11-15)21(7-2)13-14-8-9-14/h10-11,14,19H,6-9,12-13H2,1-5H3. The van der Waals surface area contributed by atoms with Crippen molar-refractivity contribution in [1.82, 2.24) is 10.3 Å². The van der Waals surface area contributed by atoms with Gasteiger partial charge < -0.3 is 10.2 Å². The predicted octanol–water partition coefficient (Wildman–Crippen LogP) is 3.72. The van der Waals surface area contributed by atoms with Gasteiger partial charge in [-0.1, -0.05) is 27.7 Å². The first-order valence-corrected chi connectivity index (χ1v) is 8.41. The van der Waals surface area contributed by atoms with Crippen LogP contribution in [-0.4, -0.2) is 24.6 Å². The summed E-state index contributed by atoms with van der Waals surface area (Å²) in [5.74, 6) is 2.05. The van der Waals surface area contributed by atoms with Gasteiger partial charge >= 0.3 is 0 Å². The third-order valence-electron chi connectivity index (χ3n) is 4.10. The number of nitrogens with zero attached hydrogens (tertiary/aromatic N) is 2. The third-order valence-corrected chi connectivity index (χ3v) is 4.10. The second kappa shape index (κ2) is 6.78. The van der Waals surface area contributed by atoms with E-state index in [0.717, 1.165) is 37.9 Å². The van der Waals surface area contributed by atoms with Crippen LogP contribution in [0.5, 0.6) is 0 Å². The zero-order valence-corrected chi connectivity index (χ0v) is 14.4. The minimum atomic E-state index is 0.0932. The molecular formula is C18H31N3. The smallest absolute Gasteiger partial charge is 0.129 e. The molecule has 21 heavy (non-hydrogen) atoms. The van der Waals surface area contributed by atoms with E-state index in [1.54, 1.807) is 0 Å². The molecule has 0 unspecified atom stereocenters. The predicted molar refractivity (Wildman–Crippen MR) is 90.9 cm³/mol. The van der Waals surface area contributed by atoms with E-state index < -0.39 is 0 Å². The number of hydrogen-bond donors (Lipinski definition) is 1. The van der Waals surface area contributed by atoms with Crippen LogP contribution in [0.1, 0.15) is 58.7 Å². The largest absolute Gasteiger partial charge is 0.357 e. The molecule has 0 spiro atoms. The third kappa shape index (κ3) is 4.70. The van der Waals surface area contributed by atoms with Gasteiger partial charge in [-0.05, 0) is 49.9 Å². The molecule has 0 bridgehead atoms. The van der Waals surface area contributed by atoms with E-state index in [1.807, 2.05) is 0 Å². The van der Waals surface area contributed by atoms with Gasteiger partial charge in [-0.2, -0.15) is 0 Å². The maximum atomic E-state index is 4.96. The van der Waals surface area contributed by atoms with Gasteiger partial charge in [-0.3, -0.25) is 0 Å². The van der Waals surface area contributed by atoms with E-state index in [9.17, 15) is 0 Å². The van der Waals surface area contributed by atoms with Crippen LogP contribution in [0, 0.1) is 5.92 Å². The number of hydrogen-bond acceptors (Lipinski definition) is 3. The molecule has 1 fully saturated rings. The van der Waals surface area contributed by atoms with Gasteiger partial charge in [0.15, 0.2) is 0 Å². The Morgan fingerprint density at radius 1 is 1.24 bits per heavy atom. The van der Waals surface area contributed by atoms with Gasteiger partial charge in [0.25, 0.3) is 0 Å². The summed E-state index contributed by atoms with van der Waals surface area (Å²) in [5.41, 5.74) is 2.64. The van der Waals surface area contributed by atoms with Gasteiger partial charge in [0.2, 0.25) is 0 Å². The summed E-state index contributed by atoms with van der Waals surface area (Å²) >= 11 is 0. The summed E-state index contributed by atoms with van der Waals surface area (Å²) in [6, 6.07) is 4.53. The van der Waals surface area contributed by atoms with Crippen LogP contribution in [0.4, 0.5) is 5.82 Å². The highest BCUT2D eigenvalue weighted by atomic mass is 15.2. The second-order valence-electron chi connectivity index (χ2n) is 7.23. The molecule has 0 atom stereocenters. The number of rotatable bonds is 7. The average Bonchev–Trinajstić information content (AvgIpc) is 3.25. The fourth-order valence-electron chi connectivity index (χ4n) is 2.49. The van der Waals surface area contributed by atoms with Crippen molar-refractivity contribution < 1.29 is 0 Å². The molecule has 1 aliphatic rings. The Bertz CT molecular complexity index is 458. The Morgan fingerprint density at radius 3 is 2.48 bits per heavy atom. The van der Waals surface area contributed by atoms with Gasteiger partial charge in [-0.15, -0.1) is 0 Å². The SMILES string of the molecule is CCNCc1cc(N(CC)CC2CC2)nc(C(C)(C)C)c1. The fourth-order valence-corrected chi connectivity index (χ4v) is 2.49. The van der Waals surface area contributed by atoms with Crippen LogP contribution in [0.2, 0.25) is 0 Å². The summed E-state index contributed by atoms with van der Waals surface area (Å²) in [4.78, 5) is 7.41. The number of anilines is 1. The lowest BCUT2D eigenvalue weighted by Crippen LogP contribution is -2.28. The van der Waals surface area contributed by atoms with Crippen LogP contribution in [-0.2, 0) is 12.0 Å². The lowest BCUT2D eigenvalue weighted by Gasteiger charge is -2.26. The molecule has 1 aromatic heterocycles. The topological polar surface area (TPSA) is 28.2 Å². The van der Waals surface area contributed by atoms with E-state index in [-0.39, 0.29) is 5.41 Å². The van der Waals surface area contributed by atoms with Crippen molar-refractivity contribution in [2.75, 3.05) is 24.5 Å². The Morgan fingerprint density at radius 2 is 1.95 bits per heavy atom. The van der Waals surface area contributed by atoms with Crippen molar-refractivity contribution in [3.05, 3.63) is 23.4 Å². The highest BCUT2D eigenvalue weighted by molar-refractivity contribution is 5.44. The quantitative estimate of drug-likeness (QED) is 0.829. The monoisotopic (exact) mass is 289 g/mol. The van der Waals surface area contributed by atoms with Crippen molar-refractivity contribution in [2.45, 2.75) is 59.4 Å². The summed E-state index contributed by atoms with van der Waals surface area (Å²) in [6.07, 6.45) is 2.78. The molecule has 1 aromatic rings.